The van der Waals surface area contributed by atoms with E-state index in [0.29, 0.717) is 25.4 Å². The number of benzene rings is 1. The van der Waals surface area contributed by atoms with Gasteiger partial charge < -0.3 is 16.0 Å². The molecule has 2 rings (SSSR count). The van der Waals surface area contributed by atoms with Crippen LogP contribution < -0.4 is 11.1 Å². The average molecular weight is 289 g/mol. The van der Waals surface area contributed by atoms with E-state index >= 15 is 0 Å². The van der Waals surface area contributed by atoms with Crippen molar-refractivity contribution in [2.24, 2.45) is 11.7 Å². The highest BCUT2D eigenvalue weighted by atomic mass is 16.2. The molecule has 0 bridgehead atoms. The molecule has 0 unspecified atom stereocenters. The molecule has 5 heteroatoms. The quantitative estimate of drug-likeness (QED) is 0.884. The number of hydrogen-bond donors (Lipinski definition) is 2. The lowest BCUT2D eigenvalue weighted by molar-refractivity contribution is -0.120. The summed E-state index contributed by atoms with van der Waals surface area (Å²) < 4.78 is 0. The number of rotatable bonds is 4. The van der Waals surface area contributed by atoms with Crippen LogP contribution in [-0.4, -0.2) is 29.4 Å². The Labute approximate surface area is 125 Å². The number of fused-ring (bicyclic) bond motifs is 1. The Morgan fingerprint density at radius 1 is 1.29 bits per heavy atom. The van der Waals surface area contributed by atoms with Crippen LogP contribution in [0.15, 0.2) is 24.3 Å². The van der Waals surface area contributed by atoms with Crippen LogP contribution in [-0.2, 0) is 17.8 Å². The molecule has 1 heterocycles. The highest BCUT2D eigenvalue weighted by molar-refractivity contribution is 5.86. The molecule has 1 aliphatic heterocycles. The number of carbonyl (C=O) groups excluding carboxylic acids is 2. The fourth-order valence-electron chi connectivity index (χ4n) is 2.63. The minimum absolute atomic E-state index is 0.214. The molecule has 1 aromatic carbocycles. The lowest BCUT2D eigenvalue weighted by Gasteiger charge is -2.30. The van der Waals surface area contributed by atoms with Crippen LogP contribution in [0.3, 0.4) is 0 Å². The smallest absolute Gasteiger partial charge is 0.318 e. The van der Waals surface area contributed by atoms with Gasteiger partial charge in [-0.1, -0.05) is 38.1 Å². The molecule has 0 spiro atoms. The molecule has 1 aromatic rings. The van der Waals surface area contributed by atoms with Crippen LogP contribution in [0.4, 0.5) is 4.79 Å². The van der Waals surface area contributed by atoms with Crippen molar-refractivity contribution in [3.8, 4) is 0 Å². The zero-order valence-electron chi connectivity index (χ0n) is 12.6. The third-order valence-corrected chi connectivity index (χ3v) is 3.77. The van der Waals surface area contributed by atoms with E-state index in [2.05, 4.69) is 11.4 Å². The highest BCUT2D eigenvalue weighted by Crippen LogP contribution is 2.18. The number of hydrogen-bond acceptors (Lipinski definition) is 2. The van der Waals surface area contributed by atoms with Crippen LogP contribution in [0, 0.1) is 5.92 Å². The molecule has 21 heavy (non-hydrogen) atoms. The number of urea groups is 1. The normalized spacial score (nSPS) is 15.5. The van der Waals surface area contributed by atoms with Crippen molar-refractivity contribution < 1.29 is 9.59 Å². The maximum atomic E-state index is 12.3. The summed E-state index contributed by atoms with van der Waals surface area (Å²) in [4.78, 5) is 25.5. The minimum Gasteiger partial charge on any atom is -0.368 e. The summed E-state index contributed by atoms with van der Waals surface area (Å²) >= 11 is 0. The van der Waals surface area contributed by atoms with Crippen molar-refractivity contribution in [3.63, 3.8) is 0 Å². The van der Waals surface area contributed by atoms with Crippen molar-refractivity contribution in [3.05, 3.63) is 35.4 Å². The summed E-state index contributed by atoms with van der Waals surface area (Å²) in [5.74, 6) is -0.181. The predicted octanol–water partition coefficient (Wildman–Crippen LogP) is 1.65. The number of carbonyl (C=O) groups is 2. The standard InChI is InChI=1S/C16H23N3O2/c1-11(2)9-14(15(17)20)18-16(21)19-8-7-12-5-3-4-6-13(12)10-19/h3-6,11,14H,7-10H2,1-2H3,(H2,17,20)(H,18,21)/t14-/m0/s1. The summed E-state index contributed by atoms with van der Waals surface area (Å²) in [5.41, 5.74) is 7.82. The Hall–Kier alpha value is -2.04. The van der Waals surface area contributed by atoms with E-state index in [4.69, 9.17) is 5.73 Å². The van der Waals surface area contributed by atoms with Gasteiger partial charge in [0.15, 0.2) is 0 Å². The van der Waals surface area contributed by atoms with Gasteiger partial charge in [-0.2, -0.15) is 0 Å². The van der Waals surface area contributed by atoms with E-state index in [1.54, 1.807) is 4.90 Å². The first-order chi connectivity index (χ1) is 9.97. The van der Waals surface area contributed by atoms with Gasteiger partial charge in [-0.3, -0.25) is 4.79 Å². The van der Waals surface area contributed by atoms with E-state index in [-0.39, 0.29) is 6.03 Å². The Kier molecular flexibility index (Phi) is 4.83. The first kappa shape index (κ1) is 15.4. The van der Waals surface area contributed by atoms with E-state index in [9.17, 15) is 9.59 Å². The van der Waals surface area contributed by atoms with E-state index in [1.807, 2.05) is 32.0 Å². The van der Waals surface area contributed by atoms with Crippen molar-refractivity contribution in [1.82, 2.24) is 10.2 Å². The van der Waals surface area contributed by atoms with Crippen LogP contribution in [0.1, 0.15) is 31.4 Å². The Morgan fingerprint density at radius 3 is 2.57 bits per heavy atom. The van der Waals surface area contributed by atoms with Gasteiger partial charge in [0.2, 0.25) is 5.91 Å². The van der Waals surface area contributed by atoms with Gasteiger partial charge in [0, 0.05) is 13.1 Å². The van der Waals surface area contributed by atoms with Crippen LogP contribution in [0.2, 0.25) is 0 Å². The van der Waals surface area contributed by atoms with E-state index < -0.39 is 11.9 Å². The second-order valence-electron chi connectivity index (χ2n) is 5.97. The molecule has 3 amide bonds. The highest BCUT2D eigenvalue weighted by Gasteiger charge is 2.25. The molecule has 0 fully saturated rings. The molecular weight excluding hydrogens is 266 g/mol. The van der Waals surface area contributed by atoms with Crippen molar-refractivity contribution in [1.29, 1.82) is 0 Å². The van der Waals surface area contributed by atoms with Crippen LogP contribution in [0.5, 0.6) is 0 Å². The zero-order valence-corrected chi connectivity index (χ0v) is 12.6. The molecule has 0 radical (unpaired) electrons. The fraction of sp³-hybridized carbons (Fsp3) is 0.500. The van der Waals surface area contributed by atoms with Gasteiger partial charge in [-0.25, -0.2) is 4.79 Å². The molecule has 1 aliphatic rings. The summed E-state index contributed by atoms with van der Waals surface area (Å²) in [6.07, 6.45) is 1.40. The average Bonchev–Trinajstić information content (AvgIpc) is 2.45. The SMILES string of the molecule is CC(C)C[C@H](NC(=O)N1CCc2ccccc2C1)C(N)=O. The lowest BCUT2D eigenvalue weighted by atomic mass is 10.00. The molecule has 0 saturated carbocycles. The van der Waals surface area contributed by atoms with E-state index in [1.165, 1.54) is 11.1 Å². The monoisotopic (exact) mass is 289 g/mol. The molecule has 3 N–H and O–H groups in total. The predicted molar refractivity (Wildman–Crippen MR) is 81.5 cm³/mol. The summed E-state index contributed by atoms with van der Waals surface area (Å²) in [6.45, 7) is 5.24. The summed E-state index contributed by atoms with van der Waals surface area (Å²) in [5, 5.41) is 2.76. The maximum absolute atomic E-state index is 12.3. The largest absolute Gasteiger partial charge is 0.368 e. The maximum Gasteiger partial charge on any atom is 0.318 e. The molecule has 1 atom stereocenters. The molecular formula is C16H23N3O2. The Balaban J connectivity index is 1.99. The Bertz CT molecular complexity index is 528. The number of nitrogens with two attached hydrogens (primary N) is 1. The third kappa shape index (κ3) is 3.97. The number of nitrogens with one attached hydrogen (secondary N) is 1. The van der Waals surface area contributed by atoms with Gasteiger partial charge >= 0.3 is 6.03 Å². The lowest BCUT2D eigenvalue weighted by Crippen LogP contribution is -2.51. The van der Waals surface area contributed by atoms with Gasteiger partial charge in [-0.05, 0) is 29.9 Å². The van der Waals surface area contributed by atoms with Crippen molar-refractivity contribution >= 4 is 11.9 Å². The number of amides is 3. The summed E-state index contributed by atoms with van der Waals surface area (Å²) in [7, 11) is 0. The van der Waals surface area contributed by atoms with Gasteiger partial charge in [0.1, 0.15) is 6.04 Å². The Morgan fingerprint density at radius 2 is 1.95 bits per heavy atom. The first-order valence-electron chi connectivity index (χ1n) is 7.39. The second-order valence-corrected chi connectivity index (χ2v) is 5.97. The number of nitrogens with zero attached hydrogens (tertiary/aromatic N) is 1. The number of primary amides is 1. The fourth-order valence-corrected chi connectivity index (χ4v) is 2.63. The van der Waals surface area contributed by atoms with Crippen molar-refractivity contribution in [2.75, 3.05) is 6.54 Å². The molecule has 5 nitrogen and oxygen atoms in total. The van der Waals surface area contributed by atoms with E-state index in [0.717, 1.165) is 6.42 Å². The minimum atomic E-state index is -0.602. The first-order valence-corrected chi connectivity index (χ1v) is 7.39. The molecule has 114 valence electrons. The van der Waals surface area contributed by atoms with Crippen molar-refractivity contribution in [2.45, 2.75) is 39.3 Å². The molecule has 0 saturated heterocycles. The van der Waals surface area contributed by atoms with Gasteiger partial charge in [0.05, 0.1) is 0 Å². The van der Waals surface area contributed by atoms with Crippen LogP contribution in [0.25, 0.3) is 0 Å². The zero-order chi connectivity index (χ0) is 15.4. The van der Waals surface area contributed by atoms with Gasteiger partial charge in [0.25, 0.3) is 0 Å². The second kappa shape index (κ2) is 6.61. The molecule has 0 aliphatic carbocycles. The van der Waals surface area contributed by atoms with Gasteiger partial charge in [-0.15, -0.1) is 0 Å². The summed E-state index contributed by atoms with van der Waals surface area (Å²) in [6, 6.07) is 7.30. The molecule has 0 aromatic heterocycles. The van der Waals surface area contributed by atoms with Crippen LogP contribution >= 0.6 is 0 Å². The third-order valence-electron chi connectivity index (χ3n) is 3.77. The topological polar surface area (TPSA) is 75.4 Å².